The number of phenols is 1. The molecule has 1 heterocycles. The van der Waals surface area contributed by atoms with E-state index in [4.69, 9.17) is 5.11 Å². The second-order valence-electron chi connectivity index (χ2n) is 6.15. The van der Waals surface area contributed by atoms with Gasteiger partial charge in [0.25, 0.3) is 5.91 Å². The second kappa shape index (κ2) is 8.01. The van der Waals surface area contributed by atoms with Crippen LogP contribution in [-0.4, -0.2) is 45.3 Å². The van der Waals surface area contributed by atoms with Crippen molar-refractivity contribution in [2.45, 2.75) is 6.42 Å². The van der Waals surface area contributed by atoms with E-state index in [0.29, 0.717) is 12.0 Å². The topological polar surface area (TPSA) is 120 Å². The van der Waals surface area contributed by atoms with Crippen molar-refractivity contribution >= 4 is 22.8 Å². The van der Waals surface area contributed by atoms with Crippen molar-refractivity contribution in [3.63, 3.8) is 0 Å². The molecular formula is C20H17FN2O5. The molecule has 7 nitrogen and oxygen atoms in total. The summed E-state index contributed by atoms with van der Waals surface area (Å²) < 4.78 is 13.1. The first-order valence-electron chi connectivity index (χ1n) is 8.42. The molecule has 0 radical (unpaired) electrons. The number of amides is 1. The number of hydrogen-bond donors (Lipinski definition) is 4. The predicted octanol–water partition coefficient (Wildman–Crippen LogP) is 2.09. The molecule has 4 N–H and O–H groups in total. The molecule has 3 rings (SSSR count). The van der Waals surface area contributed by atoms with Gasteiger partial charge in [0.05, 0.1) is 6.61 Å². The average Bonchev–Trinajstić information content (AvgIpc) is 2.68. The summed E-state index contributed by atoms with van der Waals surface area (Å²) in [7, 11) is 0. The van der Waals surface area contributed by atoms with Gasteiger partial charge >= 0.3 is 5.97 Å². The molecule has 0 bridgehead atoms. The van der Waals surface area contributed by atoms with E-state index in [1.807, 2.05) is 0 Å². The van der Waals surface area contributed by atoms with E-state index in [9.17, 15) is 24.2 Å². The maximum Gasteiger partial charge on any atom is 0.339 e. The fourth-order valence-electron chi connectivity index (χ4n) is 2.87. The highest BCUT2D eigenvalue weighted by atomic mass is 19.1. The summed E-state index contributed by atoms with van der Waals surface area (Å²) in [6, 6.07) is 8.63. The molecule has 0 aliphatic rings. The molecular weight excluding hydrogens is 367 g/mol. The number of aliphatic hydroxyl groups excluding tert-OH is 1. The number of fused-ring (bicyclic) bond motifs is 1. The Hall–Kier alpha value is -3.52. The lowest BCUT2D eigenvalue weighted by Crippen LogP contribution is -2.27. The number of aromatic carboxylic acids is 1. The zero-order valence-corrected chi connectivity index (χ0v) is 14.6. The Labute approximate surface area is 159 Å². The molecule has 1 aromatic heterocycles. The van der Waals surface area contributed by atoms with E-state index in [1.54, 1.807) is 18.2 Å². The smallest absolute Gasteiger partial charge is 0.339 e. The van der Waals surface area contributed by atoms with Gasteiger partial charge in [0.1, 0.15) is 16.9 Å². The third-order valence-corrected chi connectivity index (χ3v) is 4.20. The maximum atomic E-state index is 13.1. The Morgan fingerprint density at radius 1 is 1.07 bits per heavy atom. The van der Waals surface area contributed by atoms with Gasteiger partial charge in [-0.25, -0.2) is 9.18 Å². The highest BCUT2D eigenvalue weighted by Gasteiger charge is 2.21. The number of carbonyl (C=O) groups excluding carboxylic acids is 1. The Morgan fingerprint density at radius 3 is 2.43 bits per heavy atom. The maximum absolute atomic E-state index is 13.1. The minimum atomic E-state index is -1.40. The van der Waals surface area contributed by atoms with E-state index in [-0.39, 0.29) is 35.4 Å². The van der Waals surface area contributed by atoms with Crippen LogP contribution in [0.4, 0.5) is 4.39 Å². The molecule has 0 atom stereocenters. The van der Waals surface area contributed by atoms with Crippen LogP contribution < -0.4 is 5.32 Å². The molecule has 28 heavy (non-hydrogen) atoms. The van der Waals surface area contributed by atoms with Crippen LogP contribution in [-0.2, 0) is 6.42 Å². The summed E-state index contributed by atoms with van der Waals surface area (Å²) in [6.45, 7) is -0.284. The van der Waals surface area contributed by atoms with Crippen LogP contribution in [0.3, 0.4) is 0 Å². The third-order valence-electron chi connectivity index (χ3n) is 4.20. The number of aromatic nitrogens is 1. The molecule has 2 aromatic carbocycles. The van der Waals surface area contributed by atoms with Gasteiger partial charge in [0.2, 0.25) is 0 Å². The summed E-state index contributed by atoms with van der Waals surface area (Å²) >= 11 is 0. The average molecular weight is 384 g/mol. The monoisotopic (exact) mass is 384 g/mol. The van der Waals surface area contributed by atoms with Crippen molar-refractivity contribution in [1.29, 1.82) is 0 Å². The minimum Gasteiger partial charge on any atom is -0.505 e. The molecule has 0 aliphatic carbocycles. The van der Waals surface area contributed by atoms with Gasteiger partial charge in [-0.2, -0.15) is 0 Å². The fourth-order valence-corrected chi connectivity index (χ4v) is 2.87. The normalized spacial score (nSPS) is 10.8. The van der Waals surface area contributed by atoms with Crippen molar-refractivity contribution in [1.82, 2.24) is 10.3 Å². The minimum absolute atomic E-state index is 0.00763. The number of aliphatic hydroxyl groups is 1. The Morgan fingerprint density at radius 2 is 1.79 bits per heavy atom. The number of carbonyl (C=O) groups is 2. The molecule has 0 unspecified atom stereocenters. The SMILES string of the molecule is O=C(O)c1cc(C(=O)NCCO)c2cc(Cc3ccc(F)cc3)cnc2c1O. The van der Waals surface area contributed by atoms with E-state index in [1.165, 1.54) is 18.3 Å². The molecule has 0 fully saturated rings. The summed E-state index contributed by atoms with van der Waals surface area (Å²) in [4.78, 5) is 28.0. The van der Waals surface area contributed by atoms with Gasteiger partial charge in [-0.15, -0.1) is 0 Å². The van der Waals surface area contributed by atoms with Gasteiger partial charge in [-0.1, -0.05) is 12.1 Å². The lowest BCUT2D eigenvalue weighted by molar-refractivity contribution is 0.0694. The number of hydrogen-bond acceptors (Lipinski definition) is 5. The second-order valence-corrected chi connectivity index (χ2v) is 6.15. The fraction of sp³-hybridized carbons (Fsp3) is 0.150. The number of nitrogens with zero attached hydrogens (tertiary/aromatic N) is 1. The number of pyridine rings is 1. The van der Waals surface area contributed by atoms with Crippen molar-refractivity contribution in [2.24, 2.45) is 0 Å². The summed E-state index contributed by atoms with van der Waals surface area (Å²) in [6.07, 6.45) is 1.87. The lowest BCUT2D eigenvalue weighted by atomic mass is 9.99. The van der Waals surface area contributed by atoms with Crippen LogP contribution in [0.5, 0.6) is 5.75 Å². The van der Waals surface area contributed by atoms with E-state index < -0.39 is 23.2 Å². The molecule has 8 heteroatoms. The highest BCUT2D eigenvalue weighted by Crippen LogP contribution is 2.31. The first kappa shape index (κ1) is 19.2. The third kappa shape index (κ3) is 3.91. The first-order valence-corrected chi connectivity index (χ1v) is 8.42. The number of aromatic hydroxyl groups is 1. The summed E-state index contributed by atoms with van der Waals surface area (Å²) in [5.41, 5.74) is 1.07. The van der Waals surface area contributed by atoms with Crippen LogP contribution in [0.15, 0.2) is 42.6 Å². The van der Waals surface area contributed by atoms with Crippen LogP contribution >= 0.6 is 0 Å². The quantitative estimate of drug-likeness (QED) is 0.517. The molecule has 144 valence electrons. The van der Waals surface area contributed by atoms with Crippen LogP contribution in [0, 0.1) is 5.82 Å². The van der Waals surface area contributed by atoms with E-state index >= 15 is 0 Å². The largest absolute Gasteiger partial charge is 0.505 e. The van der Waals surface area contributed by atoms with Gasteiger partial charge in [-0.05, 0) is 41.8 Å². The Balaban J connectivity index is 2.11. The predicted molar refractivity (Wildman–Crippen MR) is 99.0 cm³/mol. The van der Waals surface area contributed by atoms with E-state index in [0.717, 1.165) is 11.6 Å². The van der Waals surface area contributed by atoms with Gasteiger partial charge in [0.15, 0.2) is 5.75 Å². The number of benzene rings is 2. The van der Waals surface area contributed by atoms with E-state index in [2.05, 4.69) is 10.3 Å². The molecule has 0 saturated heterocycles. The lowest BCUT2D eigenvalue weighted by Gasteiger charge is -2.12. The number of carboxylic acids is 1. The van der Waals surface area contributed by atoms with Crippen LogP contribution in [0.25, 0.3) is 10.9 Å². The highest BCUT2D eigenvalue weighted by molar-refractivity contribution is 6.11. The summed E-state index contributed by atoms with van der Waals surface area (Å²) in [5.74, 6) is -2.88. The van der Waals surface area contributed by atoms with Crippen molar-refractivity contribution in [3.8, 4) is 5.75 Å². The van der Waals surface area contributed by atoms with Crippen molar-refractivity contribution in [2.75, 3.05) is 13.2 Å². The van der Waals surface area contributed by atoms with Crippen molar-refractivity contribution in [3.05, 3.63) is 70.7 Å². The first-order chi connectivity index (χ1) is 13.4. The van der Waals surface area contributed by atoms with Crippen LogP contribution in [0.1, 0.15) is 31.8 Å². The standard InChI is InChI=1S/C20H17FN2O5/c21-13-3-1-11(2-4-13)7-12-8-14-15(19(26)22-5-6-24)9-16(20(27)28)18(25)17(14)23-10-12/h1-4,8-10,24-25H,5-7H2,(H,22,26)(H,27,28). The number of rotatable bonds is 6. The molecule has 0 spiro atoms. The van der Waals surface area contributed by atoms with Gasteiger partial charge < -0.3 is 20.6 Å². The number of nitrogens with one attached hydrogen (secondary N) is 1. The molecule has 0 aliphatic heterocycles. The van der Waals surface area contributed by atoms with Crippen molar-refractivity contribution < 1.29 is 29.3 Å². The van der Waals surface area contributed by atoms with Gasteiger partial charge in [-0.3, -0.25) is 9.78 Å². The molecule has 1 amide bonds. The number of carboxylic acid groups (broad SMARTS) is 1. The zero-order chi connectivity index (χ0) is 20.3. The van der Waals surface area contributed by atoms with Crippen LogP contribution in [0.2, 0.25) is 0 Å². The number of halogens is 1. The molecule has 3 aromatic rings. The van der Waals surface area contributed by atoms with Gasteiger partial charge in [0, 0.05) is 23.7 Å². The zero-order valence-electron chi connectivity index (χ0n) is 14.6. The summed E-state index contributed by atoms with van der Waals surface area (Å²) in [5, 5.41) is 31.2. The Kier molecular flexibility index (Phi) is 5.51. The molecule has 0 saturated carbocycles. The Bertz CT molecular complexity index is 1050.